The fourth-order valence-electron chi connectivity index (χ4n) is 11.5. The Morgan fingerprint density at radius 3 is 1.80 bits per heavy atom. The number of piperazine rings is 1. The smallest absolute Gasteiger partial charge is 0.410 e. The number of hydrogen-bond acceptors (Lipinski definition) is 23. The molecule has 534 valence electrons. The van der Waals surface area contributed by atoms with Gasteiger partial charge in [0.2, 0.25) is 41.8 Å². The number of rotatable bonds is 29. The number of aromatic nitrogens is 8. The quantitative estimate of drug-likeness (QED) is 0.0176. The van der Waals surface area contributed by atoms with Gasteiger partial charge in [-0.3, -0.25) is 68.2 Å². The van der Waals surface area contributed by atoms with Crippen LogP contribution in [-0.4, -0.2) is 223 Å². The van der Waals surface area contributed by atoms with Crippen LogP contribution in [0.2, 0.25) is 0 Å². The minimum absolute atomic E-state index is 0.0452. The number of amides is 9. The van der Waals surface area contributed by atoms with E-state index in [2.05, 4.69) is 36.4 Å². The normalized spacial score (nSPS) is 17.8. The lowest BCUT2D eigenvalue weighted by Crippen LogP contribution is -2.61. The molecule has 3 aliphatic heterocycles. The molecule has 12 N–H and O–H groups in total. The molecule has 0 aliphatic carbocycles. The monoisotopic (exact) mass is 1400 g/mol. The molecule has 9 amide bonds. The van der Waals surface area contributed by atoms with E-state index < -0.39 is 96.6 Å². The van der Waals surface area contributed by atoms with Gasteiger partial charge in [-0.15, -0.1) is 0 Å². The second kappa shape index (κ2) is 31.5. The van der Waals surface area contributed by atoms with Crippen molar-refractivity contribution < 1.29 is 92.1 Å². The zero-order valence-corrected chi connectivity index (χ0v) is 55.5. The van der Waals surface area contributed by atoms with E-state index in [4.69, 9.17) is 45.1 Å². The van der Waals surface area contributed by atoms with Crippen LogP contribution in [0.25, 0.3) is 22.1 Å². The second-order valence-corrected chi connectivity index (χ2v) is 23.6. The molecule has 10 rings (SSSR count). The van der Waals surface area contributed by atoms with Crippen LogP contribution in [-0.2, 0) is 66.2 Å². The first-order valence-electron chi connectivity index (χ1n) is 32.0. The lowest BCUT2D eigenvalue weighted by Gasteiger charge is -2.38. The molecule has 7 heterocycles. The molecule has 36 nitrogen and oxygen atoms in total. The number of imide groups is 1. The highest BCUT2D eigenvalue weighted by atomic mass is 16.7. The van der Waals surface area contributed by atoms with Crippen LogP contribution in [0.5, 0.6) is 17.2 Å². The number of nitrogens with two attached hydrogens (primary N) is 2. The van der Waals surface area contributed by atoms with E-state index in [0.717, 1.165) is 12.2 Å². The Bertz CT molecular complexity index is 4430. The van der Waals surface area contributed by atoms with Crippen LogP contribution >= 0.6 is 0 Å². The average Bonchev–Trinajstić information content (AvgIpc) is 1.65. The summed E-state index contributed by atoms with van der Waals surface area (Å²) in [5.41, 5.74) is 15.2. The van der Waals surface area contributed by atoms with E-state index in [-0.39, 0.29) is 110 Å². The Hall–Kier alpha value is -11.6. The average molecular weight is 1400 g/mol. The lowest BCUT2D eigenvalue weighted by atomic mass is 9.99. The van der Waals surface area contributed by atoms with Crippen molar-refractivity contribution in [3.05, 3.63) is 118 Å². The number of methoxy groups -OCH3 is 1. The van der Waals surface area contributed by atoms with Crippen LogP contribution < -0.4 is 46.9 Å². The van der Waals surface area contributed by atoms with Crippen molar-refractivity contribution in [2.45, 2.75) is 104 Å². The number of ether oxygens (including phenoxy) is 5. The largest absolute Gasteiger partial charge is 0.494 e. The number of benzene rings is 3. The predicted molar refractivity (Wildman–Crippen MR) is 355 cm³/mol. The first-order chi connectivity index (χ1) is 48.3. The van der Waals surface area contributed by atoms with Gasteiger partial charge in [0.1, 0.15) is 71.1 Å². The molecule has 0 bridgehead atoms. The summed E-state index contributed by atoms with van der Waals surface area (Å²) in [5.74, 6) is -6.50. The summed E-state index contributed by atoms with van der Waals surface area (Å²) < 4.78 is 35.4. The summed E-state index contributed by atoms with van der Waals surface area (Å²) >= 11 is 0. The first kappa shape index (κ1) is 72.2. The van der Waals surface area contributed by atoms with Crippen molar-refractivity contribution in [2.75, 3.05) is 75.5 Å². The number of aliphatic hydroxyl groups is 3. The number of imidazole rings is 2. The summed E-state index contributed by atoms with van der Waals surface area (Å²) in [4.78, 5) is 142. The molecule has 0 unspecified atom stereocenters. The Morgan fingerprint density at radius 1 is 0.693 bits per heavy atom. The third-order valence-electron chi connectivity index (χ3n) is 16.6. The molecule has 2 fully saturated rings. The molecule has 101 heavy (non-hydrogen) atoms. The van der Waals surface area contributed by atoms with Crippen molar-refractivity contribution in [1.29, 1.82) is 0 Å². The summed E-state index contributed by atoms with van der Waals surface area (Å²) in [6.45, 7) is 8.99. The van der Waals surface area contributed by atoms with Crippen LogP contribution in [0.4, 0.5) is 22.4 Å². The molecular formula is C65H75N17O19. The van der Waals surface area contributed by atoms with Crippen molar-refractivity contribution in [2.24, 2.45) is 11.5 Å². The Kier molecular flexibility index (Phi) is 22.5. The van der Waals surface area contributed by atoms with Crippen LogP contribution in [0.15, 0.2) is 78.9 Å². The highest BCUT2D eigenvalue weighted by Crippen LogP contribution is 2.35. The maximum absolute atomic E-state index is 14.1. The molecule has 0 radical (unpaired) electrons. The Morgan fingerprint density at radius 2 is 1.26 bits per heavy atom. The standard InChI is InChI=1S/C65H75N17O19/c1-6-81-42(25-34(3)74-81)59(92)72-63-70-40-28-37(57(66)90)30-45(97-5)51(40)78(63)18-8-9-19-79-52-41(71-64(79)73-60(93)43-26-35(4)75-82(43)7-2)29-38(58(67)91)31-46(52)98-24-10-17-76-20-22-77(23-21-76)65(96)99-33-36-11-12-44(100-62-55(89)53(87)54(88)56(101-62)61(94)95)39(27-36)69-47(83)15-16-68-48(84)32-80-49(85)13-14-50(80)86/h8-9,11-14,25-31,53-56,62,87-89H,6-7,10,15-24,32-33H2,1-5H3,(H2,66,90)(H2,67,91)(H,68,84)(H,69,83)(H,94,95)(H,70,72,92)(H,71,73,93)/b9-8+/t53-,54-,55+,56-,62+/m0/s1. The number of carbonyl (C=O) groups excluding carboxylic acids is 9. The molecule has 0 spiro atoms. The molecule has 0 saturated carbocycles. The molecule has 4 aromatic heterocycles. The van der Waals surface area contributed by atoms with E-state index in [9.17, 15) is 68.4 Å². The van der Waals surface area contributed by atoms with E-state index in [1.165, 1.54) is 54.5 Å². The third kappa shape index (κ3) is 16.6. The number of aryl methyl sites for hydroxylation is 4. The molecular weight excluding hydrogens is 1320 g/mol. The molecule has 3 aliphatic rings. The number of aliphatic hydroxyl groups excluding tert-OH is 3. The zero-order chi connectivity index (χ0) is 72.5. The van der Waals surface area contributed by atoms with Crippen molar-refractivity contribution >= 4 is 99.0 Å². The van der Waals surface area contributed by atoms with Gasteiger partial charge in [0.25, 0.3) is 23.6 Å². The van der Waals surface area contributed by atoms with Gasteiger partial charge in [0, 0.05) is 95.1 Å². The van der Waals surface area contributed by atoms with E-state index in [0.29, 0.717) is 83.2 Å². The van der Waals surface area contributed by atoms with Gasteiger partial charge in [-0.1, -0.05) is 18.2 Å². The van der Waals surface area contributed by atoms with Crippen molar-refractivity contribution in [3.63, 3.8) is 0 Å². The first-order valence-corrected chi connectivity index (χ1v) is 32.0. The number of carboxylic acid groups (broad SMARTS) is 1. The fourth-order valence-corrected chi connectivity index (χ4v) is 11.5. The van der Waals surface area contributed by atoms with Gasteiger partial charge in [-0.05, 0) is 88.2 Å². The fraction of sp³-hybridized carbons (Fsp3) is 0.385. The number of fused-ring (bicyclic) bond motifs is 2. The molecule has 5 atom stereocenters. The number of allylic oxidation sites excluding steroid dienone is 2. The van der Waals surface area contributed by atoms with Gasteiger partial charge >= 0.3 is 12.1 Å². The van der Waals surface area contributed by atoms with Crippen molar-refractivity contribution in [1.82, 2.24) is 58.7 Å². The molecule has 7 aromatic rings. The minimum atomic E-state index is -2.02. The van der Waals surface area contributed by atoms with E-state index >= 15 is 0 Å². The Balaban J connectivity index is 0.805. The summed E-state index contributed by atoms with van der Waals surface area (Å²) in [6, 6.07) is 13.3. The topological polar surface area (TPSA) is 479 Å². The second-order valence-electron chi connectivity index (χ2n) is 23.6. The summed E-state index contributed by atoms with van der Waals surface area (Å²) in [6.07, 6.45) is -4.85. The number of anilines is 3. The van der Waals surface area contributed by atoms with E-state index in [1.54, 1.807) is 56.6 Å². The van der Waals surface area contributed by atoms with Crippen molar-refractivity contribution in [3.8, 4) is 17.2 Å². The number of nitrogens with one attached hydrogen (secondary N) is 4. The maximum Gasteiger partial charge on any atom is 0.410 e. The SMILES string of the molecule is CCn1nc(C)cc1C(=O)Nc1nc2cc(C(N)=O)cc(OC)c2n1C/C=C/Cn1c(NC(=O)c2cc(C)nn2CC)nc2cc(C(N)=O)cc(OCCCN3CCN(C(=O)OCc4ccc(O[C@@H]5O[C@H](C(=O)O)[C@@H](O)[C@H](O)[C@H]5O)c(NC(=O)CCNC(=O)CN5C(=O)C=CC5=O)c4)CC3)c21. The van der Waals surface area contributed by atoms with Crippen LogP contribution in [0.3, 0.4) is 0 Å². The molecule has 36 heteroatoms. The van der Waals surface area contributed by atoms with Gasteiger partial charge in [-0.2, -0.15) is 10.2 Å². The summed E-state index contributed by atoms with van der Waals surface area (Å²) in [5, 5.41) is 60.6. The minimum Gasteiger partial charge on any atom is -0.494 e. The van der Waals surface area contributed by atoms with Crippen LogP contribution in [0, 0.1) is 13.8 Å². The number of nitrogens with zero attached hydrogens (tertiary/aromatic N) is 11. The lowest BCUT2D eigenvalue weighted by molar-refractivity contribution is -0.271. The zero-order valence-electron chi connectivity index (χ0n) is 55.5. The summed E-state index contributed by atoms with van der Waals surface area (Å²) in [7, 11) is 1.42. The number of hydrogen-bond donors (Lipinski definition) is 10. The highest BCUT2D eigenvalue weighted by Gasteiger charge is 2.48. The predicted octanol–water partition coefficient (Wildman–Crippen LogP) is 0.767. The molecule has 2 saturated heterocycles. The van der Waals surface area contributed by atoms with E-state index in [1.807, 2.05) is 13.8 Å². The van der Waals surface area contributed by atoms with Gasteiger partial charge < -0.3 is 80.2 Å². The van der Waals surface area contributed by atoms with Gasteiger partial charge in [0.15, 0.2) is 6.10 Å². The number of carboxylic acids is 1. The number of aliphatic carboxylic acids is 1. The Labute approximate surface area is 574 Å². The van der Waals surface area contributed by atoms with Crippen LogP contribution in [0.1, 0.15) is 85.3 Å². The maximum atomic E-state index is 14.1. The number of carbonyl (C=O) groups is 10. The third-order valence-corrected chi connectivity index (χ3v) is 16.6. The molecule has 3 aromatic carbocycles. The highest BCUT2D eigenvalue weighted by molar-refractivity contribution is 6.14. The van der Waals surface area contributed by atoms with Gasteiger partial charge in [-0.25, -0.2) is 19.6 Å². The number of primary amides is 2. The van der Waals surface area contributed by atoms with Gasteiger partial charge in [0.05, 0.1) is 41.8 Å².